The van der Waals surface area contributed by atoms with Crippen LogP contribution in [0.5, 0.6) is 5.75 Å². The summed E-state index contributed by atoms with van der Waals surface area (Å²) in [5, 5.41) is 12.3. The molecule has 0 radical (unpaired) electrons. The van der Waals surface area contributed by atoms with E-state index in [2.05, 4.69) is 27.6 Å². The third-order valence-corrected chi connectivity index (χ3v) is 5.68. The molecule has 0 atom stereocenters. The molecule has 0 N–H and O–H groups in total. The zero-order valence-corrected chi connectivity index (χ0v) is 19.6. The Morgan fingerprint density at radius 3 is 2.53 bits per heavy atom. The SMILES string of the molecule is COc1ccc(C=Cc2nc3ccc(I)cc3c(=O)n2-c2ccc(Cl)cc2[N+](=O)[O-])cc1. The van der Waals surface area contributed by atoms with Crippen molar-refractivity contribution in [1.29, 1.82) is 0 Å². The molecule has 1 heterocycles. The third kappa shape index (κ3) is 4.37. The summed E-state index contributed by atoms with van der Waals surface area (Å²) in [6.45, 7) is 0. The van der Waals surface area contributed by atoms with Gasteiger partial charge in [0.25, 0.3) is 11.2 Å². The fourth-order valence-electron chi connectivity index (χ4n) is 3.24. The number of ether oxygens (including phenoxy) is 1. The Labute approximate surface area is 201 Å². The largest absolute Gasteiger partial charge is 0.497 e. The van der Waals surface area contributed by atoms with E-state index >= 15 is 0 Å². The molecule has 4 aromatic rings. The summed E-state index contributed by atoms with van der Waals surface area (Å²) in [5.41, 5.74) is 0.739. The highest BCUT2D eigenvalue weighted by Gasteiger charge is 2.21. The van der Waals surface area contributed by atoms with E-state index in [9.17, 15) is 14.9 Å². The highest BCUT2D eigenvalue weighted by atomic mass is 127. The number of benzene rings is 3. The summed E-state index contributed by atoms with van der Waals surface area (Å²) >= 11 is 8.08. The van der Waals surface area contributed by atoms with Crippen LogP contribution in [-0.2, 0) is 0 Å². The van der Waals surface area contributed by atoms with Gasteiger partial charge in [-0.25, -0.2) is 4.98 Å². The highest BCUT2D eigenvalue weighted by Crippen LogP contribution is 2.28. The van der Waals surface area contributed by atoms with Gasteiger partial charge in [0.05, 0.1) is 22.9 Å². The van der Waals surface area contributed by atoms with Gasteiger partial charge < -0.3 is 4.74 Å². The Bertz CT molecular complexity index is 1430. The van der Waals surface area contributed by atoms with Gasteiger partial charge in [-0.2, -0.15) is 0 Å². The van der Waals surface area contributed by atoms with Crippen LogP contribution in [0.1, 0.15) is 11.4 Å². The minimum Gasteiger partial charge on any atom is -0.497 e. The first-order valence-corrected chi connectivity index (χ1v) is 10.8. The predicted molar refractivity (Wildman–Crippen MR) is 134 cm³/mol. The average Bonchev–Trinajstić information content (AvgIpc) is 2.79. The van der Waals surface area contributed by atoms with Gasteiger partial charge in [-0.05, 0) is 76.7 Å². The number of fused-ring (bicyclic) bond motifs is 1. The molecule has 0 bridgehead atoms. The van der Waals surface area contributed by atoms with Crippen molar-refractivity contribution in [2.45, 2.75) is 0 Å². The lowest BCUT2D eigenvalue weighted by Gasteiger charge is -2.12. The Morgan fingerprint density at radius 1 is 1.09 bits per heavy atom. The van der Waals surface area contributed by atoms with Crippen molar-refractivity contribution in [1.82, 2.24) is 9.55 Å². The molecule has 3 aromatic carbocycles. The lowest BCUT2D eigenvalue weighted by atomic mass is 10.2. The van der Waals surface area contributed by atoms with E-state index in [1.807, 2.05) is 30.3 Å². The zero-order valence-electron chi connectivity index (χ0n) is 16.7. The first-order valence-electron chi connectivity index (χ1n) is 9.36. The highest BCUT2D eigenvalue weighted by molar-refractivity contribution is 14.1. The van der Waals surface area contributed by atoms with E-state index in [4.69, 9.17) is 16.3 Å². The number of methoxy groups -OCH3 is 1. The van der Waals surface area contributed by atoms with Crippen LogP contribution < -0.4 is 10.3 Å². The van der Waals surface area contributed by atoms with Gasteiger partial charge in [0, 0.05) is 14.7 Å². The Hall–Kier alpha value is -3.24. The van der Waals surface area contributed by atoms with Gasteiger partial charge in [0.15, 0.2) is 0 Å². The predicted octanol–water partition coefficient (Wildman–Crippen LogP) is 5.73. The number of hydrogen-bond acceptors (Lipinski definition) is 5. The standard InChI is InChI=1S/C23H15ClIN3O4/c1-32-17-7-2-14(3-8-17)4-11-22-26-19-9-6-16(25)13-18(19)23(29)27(22)20-10-5-15(24)12-21(20)28(30)31/h2-13H,1H3. The van der Waals surface area contributed by atoms with Gasteiger partial charge in [0.2, 0.25) is 0 Å². The van der Waals surface area contributed by atoms with Gasteiger partial charge >= 0.3 is 0 Å². The van der Waals surface area contributed by atoms with Gasteiger partial charge in [-0.1, -0.05) is 29.8 Å². The fourth-order valence-corrected chi connectivity index (χ4v) is 3.89. The molecular weight excluding hydrogens is 545 g/mol. The number of halogens is 2. The second-order valence-corrected chi connectivity index (χ2v) is 8.45. The van der Waals surface area contributed by atoms with Crippen molar-refractivity contribution in [3.05, 3.63) is 101 Å². The number of hydrogen-bond donors (Lipinski definition) is 0. The van der Waals surface area contributed by atoms with E-state index in [1.54, 1.807) is 31.4 Å². The van der Waals surface area contributed by atoms with E-state index in [0.717, 1.165) is 9.13 Å². The summed E-state index contributed by atoms with van der Waals surface area (Å²) in [6, 6.07) is 16.8. The molecule has 1 aromatic heterocycles. The van der Waals surface area contributed by atoms with Crippen molar-refractivity contribution >= 4 is 62.9 Å². The van der Waals surface area contributed by atoms with Crippen LogP contribution in [0.15, 0.2) is 65.5 Å². The van der Waals surface area contributed by atoms with Crippen LogP contribution in [0, 0.1) is 13.7 Å². The number of nitro benzene ring substituents is 1. The van der Waals surface area contributed by atoms with E-state index in [-0.39, 0.29) is 22.2 Å². The van der Waals surface area contributed by atoms with Gasteiger partial charge in [-0.3, -0.25) is 19.5 Å². The second-order valence-electron chi connectivity index (χ2n) is 6.77. The third-order valence-electron chi connectivity index (χ3n) is 4.77. The molecule has 7 nitrogen and oxygen atoms in total. The molecule has 160 valence electrons. The molecule has 0 aliphatic heterocycles. The lowest BCUT2D eigenvalue weighted by molar-refractivity contribution is -0.384. The molecule has 0 fully saturated rings. The molecule has 32 heavy (non-hydrogen) atoms. The zero-order chi connectivity index (χ0) is 22.8. The Balaban J connectivity index is 1.98. The number of nitrogens with zero attached hydrogens (tertiary/aromatic N) is 3. The van der Waals surface area contributed by atoms with Crippen molar-refractivity contribution in [3.8, 4) is 11.4 Å². The fraction of sp³-hybridized carbons (Fsp3) is 0.0435. The summed E-state index contributed by atoms with van der Waals surface area (Å²) in [4.78, 5) is 29.2. The summed E-state index contributed by atoms with van der Waals surface area (Å²) < 4.78 is 7.27. The average molecular weight is 560 g/mol. The van der Waals surface area contributed by atoms with Gasteiger partial charge in [-0.15, -0.1) is 0 Å². The first-order chi connectivity index (χ1) is 15.4. The molecule has 0 amide bonds. The topological polar surface area (TPSA) is 87.3 Å². The number of aromatic nitrogens is 2. The molecule has 9 heteroatoms. The maximum Gasteiger partial charge on any atom is 0.294 e. The maximum absolute atomic E-state index is 13.5. The molecule has 0 aliphatic carbocycles. The van der Waals surface area contributed by atoms with E-state index < -0.39 is 10.5 Å². The van der Waals surface area contributed by atoms with Crippen molar-refractivity contribution < 1.29 is 9.66 Å². The lowest BCUT2D eigenvalue weighted by Crippen LogP contribution is -2.23. The Morgan fingerprint density at radius 2 is 1.84 bits per heavy atom. The van der Waals surface area contributed by atoms with Crippen LogP contribution in [-0.4, -0.2) is 21.6 Å². The quantitative estimate of drug-likeness (QED) is 0.177. The Kier molecular flexibility index (Phi) is 6.24. The monoisotopic (exact) mass is 559 g/mol. The molecule has 0 spiro atoms. The molecular formula is C23H15ClIN3O4. The second kappa shape index (κ2) is 9.09. The molecule has 0 aliphatic rings. The minimum atomic E-state index is -0.566. The molecule has 0 saturated carbocycles. The summed E-state index contributed by atoms with van der Waals surface area (Å²) in [5.74, 6) is 0.972. The van der Waals surface area contributed by atoms with Crippen LogP contribution in [0.4, 0.5) is 5.69 Å². The minimum absolute atomic E-state index is 0.0899. The van der Waals surface area contributed by atoms with Crippen LogP contribution in [0.2, 0.25) is 5.02 Å². The van der Waals surface area contributed by atoms with E-state index in [0.29, 0.717) is 16.7 Å². The first kappa shape index (κ1) is 22.0. The van der Waals surface area contributed by atoms with Crippen LogP contribution in [0.25, 0.3) is 28.7 Å². The smallest absolute Gasteiger partial charge is 0.294 e. The summed E-state index contributed by atoms with van der Waals surface area (Å²) in [7, 11) is 1.59. The maximum atomic E-state index is 13.5. The normalized spacial score (nSPS) is 11.2. The molecule has 0 saturated heterocycles. The van der Waals surface area contributed by atoms with E-state index in [1.165, 1.54) is 22.8 Å². The van der Waals surface area contributed by atoms with Crippen LogP contribution >= 0.6 is 34.2 Å². The molecule has 4 rings (SSSR count). The van der Waals surface area contributed by atoms with Crippen molar-refractivity contribution in [2.24, 2.45) is 0 Å². The summed E-state index contributed by atoms with van der Waals surface area (Å²) in [6.07, 6.45) is 3.43. The number of rotatable bonds is 5. The van der Waals surface area contributed by atoms with Gasteiger partial charge in [0.1, 0.15) is 17.3 Å². The molecule has 0 unspecified atom stereocenters. The van der Waals surface area contributed by atoms with Crippen molar-refractivity contribution in [3.63, 3.8) is 0 Å². The van der Waals surface area contributed by atoms with Crippen LogP contribution in [0.3, 0.4) is 0 Å². The number of nitro groups is 1. The van der Waals surface area contributed by atoms with Crippen molar-refractivity contribution in [2.75, 3.05) is 7.11 Å².